The van der Waals surface area contributed by atoms with Gasteiger partial charge in [-0.1, -0.05) is 20.3 Å². The second kappa shape index (κ2) is 5.98. The maximum atomic E-state index is 12.0. The maximum Gasteiger partial charge on any atom is 0.215 e. The van der Waals surface area contributed by atoms with E-state index in [4.69, 9.17) is 0 Å². The summed E-state index contributed by atoms with van der Waals surface area (Å²) < 4.78 is 25.6. The SMILES string of the molecule is CCC(C)CN(C)S(=O)(=O)CC1CCCN1. The zero-order valence-electron chi connectivity index (χ0n) is 10.6. The van der Waals surface area contributed by atoms with Crippen molar-refractivity contribution in [3.63, 3.8) is 0 Å². The molecule has 2 unspecified atom stereocenters. The van der Waals surface area contributed by atoms with Crippen LogP contribution < -0.4 is 5.32 Å². The first-order valence-corrected chi connectivity index (χ1v) is 7.74. The van der Waals surface area contributed by atoms with Crippen LogP contribution >= 0.6 is 0 Å². The minimum atomic E-state index is -3.08. The van der Waals surface area contributed by atoms with E-state index in [1.807, 2.05) is 0 Å². The molecule has 5 heteroatoms. The van der Waals surface area contributed by atoms with Gasteiger partial charge in [-0.2, -0.15) is 0 Å². The lowest BCUT2D eigenvalue weighted by atomic mass is 10.1. The third kappa shape index (κ3) is 4.03. The second-order valence-corrected chi connectivity index (χ2v) is 6.99. The van der Waals surface area contributed by atoms with Crippen molar-refractivity contribution in [3.8, 4) is 0 Å². The number of nitrogens with one attached hydrogen (secondary N) is 1. The minimum absolute atomic E-state index is 0.157. The van der Waals surface area contributed by atoms with Crippen LogP contribution in [0.15, 0.2) is 0 Å². The van der Waals surface area contributed by atoms with E-state index < -0.39 is 10.0 Å². The van der Waals surface area contributed by atoms with Gasteiger partial charge in [0.05, 0.1) is 5.75 Å². The highest BCUT2D eigenvalue weighted by Crippen LogP contribution is 2.12. The zero-order chi connectivity index (χ0) is 12.2. The van der Waals surface area contributed by atoms with E-state index in [0.29, 0.717) is 12.5 Å². The van der Waals surface area contributed by atoms with Crippen LogP contribution in [0.4, 0.5) is 0 Å². The van der Waals surface area contributed by atoms with E-state index in [1.165, 1.54) is 4.31 Å². The summed E-state index contributed by atoms with van der Waals surface area (Å²) in [5, 5.41) is 3.23. The van der Waals surface area contributed by atoms with Crippen molar-refractivity contribution in [1.29, 1.82) is 0 Å². The average molecular weight is 248 g/mol. The molecule has 0 aromatic rings. The summed E-state index contributed by atoms with van der Waals surface area (Å²) in [5.41, 5.74) is 0. The molecule has 4 nitrogen and oxygen atoms in total. The molecule has 0 bridgehead atoms. The van der Waals surface area contributed by atoms with E-state index >= 15 is 0 Å². The van der Waals surface area contributed by atoms with E-state index in [2.05, 4.69) is 19.2 Å². The molecule has 1 rings (SSSR count). The van der Waals surface area contributed by atoms with Gasteiger partial charge in [0.15, 0.2) is 0 Å². The molecule has 96 valence electrons. The molecule has 0 aromatic heterocycles. The lowest BCUT2D eigenvalue weighted by Crippen LogP contribution is -2.39. The Kier molecular flexibility index (Phi) is 5.21. The molecule has 0 amide bonds. The summed E-state index contributed by atoms with van der Waals surface area (Å²) in [6, 6.07) is 0.157. The number of hydrogen-bond acceptors (Lipinski definition) is 3. The molecule has 0 radical (unpaired) electrons. The molecule has 0 aromatic carbocycles. The normalized spacial score (nSPS) is 23.9. The number of nitrogens with zero attached hydrogens (tertiary/aromatic N) is 1. The molecule has 0 saturated carbocycles. The van der Waals surface area contributed by atoms with Crippen molar-refractivity contribution in [2.45, 2.75) is 39.2 Å². The fourth-order valence-corrected chi connectivity index (χ4v) is 3.49. The van der Waals surface area contributed by atoms with Crippen LogP contribution in [0.1, 0.15) is 33.1 Å². The first-order chi connectivity index (χ1) is 7.45. The Morgan fingerprint density at radius 3 is 2.69 bits per heavy atom. The fourth-order valence-electron chi connectivity index (χ4n) is 1.96. The van der Waals surface area contributed by atoms with Crippen LogP contribution in [0.2, 0.25) is 0 Å². The zero-order valence-corrected chi connectivity index (χ0v) is 11.4. The lowest BCUT2D eigenvalue weighted by Gasteiger charge is -2.22. The Hall–Kier alpha value is -0.130. The summed E-state index contributed by atoms with van der Waals surface area (Å²) in [4.78, 5) is 0. The fraction of sp³-hybridized carbons (Fsp3) is 1.00. The number of rotatable bonds is 6. The molecule has 1 heterocycles. The van der Waals surface area contributed by atoms with Crippen molar-refractivity contribution in [2.24, 2.45) is 5.92 Å². The molecule has 1 saturated heterocycles. The van der Waals surface area contributed by atoms with Gasteiger partial charge in [0.25, 0.3) is 0 Å². The molecule has 16 heavy (non-hydrogen) atoms. The molecule has 1 aliphatic heterocycles. The van der Waals surface area contributed by atoms with Gasteiger partial charge in [-0.05, 0) is 25.3 Å². The van der Waals surface area contributed by atoms with Crippen LogP contribution in [0.5, 0.6) is 0 Å². The van der Waals surface area contributed by atoms with Crippen molar-refractivity contribution in [3.05, 3.63) is 0 Å². The van der Waals surface area contributed by atoms with Crippen LogP contribution in [-0.2, 0) is 10.0 Å². The van der Waals surface area contributed by atoms with Crippen LogP contribution in [-0.4, -0.2) is 44.7 Å². The summed E-state index contributed by atoms with van der Waals surface area (Å²) in [5.74, 6) is 0.677. The van der Waals surface area contributed by atoms with Gasteiger partial charge in [0, 0.05) is 19.6 Å². The average Bonchev–Trinajstić information content (AvgIpc) is 2.69. The molecular weight excluding hydrogens is 224 g/mol. The van der Waals surface area contributed by atoms with Gasteiger partial charge in [0.1, 0.15) is 0 Å². The molecule has 0 aliphatic carbocycles. The third-order valence-corrected chi connectivity index (χ3v) is 5.24. The summed E-state index contributed by atoms with van der Waals surface area (Å²) >= 11 is 0. The van der Waals surface area contributed by atoms with Gasteiger partial charge in [-0.25, -0.2) is 12.7 Å². The highest BCUT2D eigenvalue weighted by molar-refractivity contribution is 7.89. The maximum absolute atomic E-state index is 12.0. The largest absolute Gasteiger partial charge is 0.313 e. The van der Waals surface area contributed by atoms with Gasteiger partial charge < -0.3 is 5.32 Å². The van der Waals surface area contributed by atoms with Gasteiger partial charge >= 0.3 is 0 Å². The Morgan fingerprint density at radius 2 is 2.19 bits per heavy atom. The molecule has 1 aliphatic rings. The van der Waals surface area contributed by atoms with Crippen molar-refractivity contribution in [2.75, 3.05) is 25.9 Å². The standard InChI is InChI=1S/C11H24N2O2S/c1-4-10(2)8-13(3)16(14,15)9-11-6-5-7-12-11/h10-12H,4-9H2,1-3H3. The Bertz CT molecular complexity index is 297. The van der Waals surface area contributed by atoms with E-state index in [-0.39, 0.29) is 11.8 Å². The molecule has 1 N–H and O–H groups in total. The van der Waals surface area contributed by atoms with Crippen molar-refractivity contribution < 1.29 is 8.42 Å². The summed E-state index contributed by atoms with van der Waals surface area (Å²) in [6.45, 7) is 5.75. The Balaban J connectivity index is 2.48. The quantitative estimate of drug-likeness (QED) is 0.764. The summed E-state index contributed by atoms with van der Waals surface area (Å²) in [7, 11) is -1.39. The molecule has 2 atom stereocenters. The van der Waals surface area contributed by atoms with Gasteiger partial charge in [-0.3, -0.25) is 0 Å². The van der Waals surface area contributed by atoms with E-state index in [9.17, 15) is 8.42 Å². The summed E-state index contributed by atoms with van der Waals surface area (Å²) in [6.07, 6.45) is 3.09. The molecule has 0 spiro atoms. The Morgan fingerprint density at radius 1 is 1.50 bits per heavy atom. The minimum Gasteiger partial charge on any atom is -0.313 e. The van der Waals surface area contributed by atoms with Crippen molar-refractivity contribution in [1.82, 2.24) is 9.62 Å². The topological polar surface area (TPSA) is 49.4 Å². The smallest absolute Gasteiger partial charge is 0.215 e. The third-order valence-electron chi connectivity index (χ3n) is 3.31. The van der Waals surface area contributed by atoms with Crippen LogP contribution in [0.25, 0.3) is 0 Å². The van der Waals surface area contributed by atoms with Crippen LogP contribution in [0, 0.1) is 5.92 Å². The monoisotopic (exact) mass is 248 g/mol. The second-order valence-electron chi connectivity index (χ2n) is 4.87. The number of hydrogen-bond donors (Lipinski definition) is 1. The predicted molar refractivity (Wildman–Crippen MR) is 66.9 cm³/mol. The van der Waals surface area contributed by atoms with Crippen LogP contribution in [0.3, 0.4) is 0 Å². The lowest BCUT2D eigenvalue weighted by molar-refractivity contribution is 0.391. The van der Waals surface area contributed by atoms with Crippen molar-refractivity contribution >= 4 is 10.0 Å². The molecular formula is C11H24N2O2S. The highest BCUT2D eigenvalue weighted by Gasteiger charge is 2.25. The number of sulfonamides is 1. The first kappa shape index (κ1) is 13.9. The highest BCUT2D eigenvalue weighted by atomic mass is 32.2. The molecule has 1 fully saturated rings. The van der Waals surface area contributed by atoms with Gasteiger partial charge in [0.2, 0.25) is 10.0 Å². The van der Waals surface area contributed by atoms with Gasteiger partial charge in [-0.15, -0.1) is 0 Å². The predicted octanol–water partition coefficient (Wildman–Crippen LogP) is 1.05. The van der Waals surface area contributed by atoms with E-state index in [1.54, 1.807) is 7.05 Å². The first-order valence-electron chi connectivity index (χ1n) is 6.13. The Labute approximate surface area is 99.5 Å². The van der Waals surface area contributed by atoms with E-state index in [0.717, 1.165) is 25.8 Å².